The fraction of sp³-hybridized carbons (Fsp3) is 0.273. The van der Waals surface area contributed by atoms with Crippen molar-refractivity contribution >= 4 is 12.0 Å². The van der Waals surface area contributed by atoms with Crippen LogP contribution in [0.25, 0.3) is 6.08 Å². The van der Waals surface area contributed by atoms with E-state index in [2.05, 4.69) is 9.72 Å². The lowest BCUT2D eigenvalue weighted by Crippen LogP contribution is -2.09. The minimum atomic E-state index is -4.57. The number of aliphatic carboxylic acids is 1. The van der Waals surface area contributed by atoms with Crippen molar-refractivity contribution in [2.75, 3.05) is 7.11 Å². The molecule has 7 heteroatoms. The monoisotopic (exact) mass is 261 g/mol. The molecule has 1 aromatic rings. The van der Waals surface area contributed by atoms with Crippen LogP contribution in [0.2, 0.25) is 0 Å². The SMILES string of the molecule is COc1ncc(C=CCC(=O)O)cc1C(F)(F)F. The number of rotatable bonds is 4. The molecule has 1 heterocycles. The Labute approximate surface area is 101 Å². The molecule has 4 nitrogen and oxygen atoms in total. The molecule has 0 aromatic carbocycles. The predicted octanol–water partition coefficient (Wildman–Crippen LogP) is 2.60. The number of nitrogens with zero attached hydrogens (tertiary/aromatic N) is 1. The number of hydrogen-bond acceptors (Lipinski definition) is 3. The third kappa shape index (κ3) is 3.76. The van der Waals surface area contributed by atoms with Gasteiger partial charge in [0.2, 0.25) is 5.88 Å². The van der Waals surface area contributed by atoms with Gasteiger partial charge in [0, 0.05) is 6.20 Å². The zero-order valence-electron chi connectivity index (χ0n) is 9.36. The largest absolute Gasteiger partial charge is 0.481 e. The normalized spacial score (nSPS) is 11.8. The van der Waals surface area contributed by atoms with E-state index in [0.717, 1.165) is 13.2 Å². The third-order valence-corrected chi connectivity index (χ3v) is 1.97. The highest BCUT2D eigenvalue weighted by atomic mass is 19.4. The summed E-state index contributed by atoms with van der Waals surface area (Å²) in [6.07, 6.45) is -1.17. The van der Waals surface area contributed by atoms with Crippen LogP contribution in [0.5, 0.6) is 5.88 Å². The van der Waals surface area contributed by atoms with E-state index < -0.39 is 23.6 Å². The maximum atomic E-state index is 12.6. The quantitative estimate of drug-likeness (QED) is 0.905. The highest BCUT2D eigenvalue weighted by molar-refractivity contribution is 5.70. The lowest BCUT2D eigenvalue weighted by Gasteiger charge is -2.11. The number of carboxylic acids is 1. The molecule has 0 radical (unpaired) electrons. The summed E-state index contributed by atoms with van der Waals surface area (Å²) in [5.41, 5.74) is -0.841. The second kappa shape index (κ2) is 5.52. The first kappa shape index (κ1) is 14.0. The highest BCUT2D eigenvalue weighted by Gasteiger charge is 2.35. The van der Waals surface area contributed by atoms with Gasteiger partial charge in [-0.25, -0.2) is 4.98 Å². The molecule has 0 aliphatic heterocycles. The third-order valence-electron chi connectivity index (χ3n) is 1.97. The van der Waals surface area contributed by atoms with Gasteiger partial charge >= 0.3 is 12.1 Å². The molecule has 0 aliphatic carbocycles. The minimum absolute atomic E-state index is 0.157. The molecule has 0 fully saturated rings. The van der Waals surface area contributed by atoms with E-state index in [-0.39, 0.29) is 12.0 Å². The van der Waals surface area contributed by atoms with Gasteiger partial charge in [-0.15, -0.1) is 0 Å². The summed E-state index contributed by atoms with van der Waals surface area (Å²) in [6, 6.07) is 0.851. The molecule has 0 saturated carbocycles. The molecule has 1 rings (SSSR count). The summed E-state index contributed by atoms with van der Waals surface area (Å²) in [5, 5.41) is 8.39. The molecule has 0 atom stereocenters. The summed E-state index contributed by atoms with van der Waals surface area (Å²) in [4.78, 5) is 13.8. The van der Waals surface area contributed by atoms with E-state index >= 15 is 0 Å². The fourth-order valence-corrected chi connectivity index (χ4v) is 1.22. The van der Waals surface area contributed by atoms with Crippen LogP contribution in [0.15, 0.2) is 18.3 Å². The Hall–Kier alpha value is -2.05. The van der Waals surface area contributed by atoms with Crippen LogP contribution in [0.1, 0.15) is 17.5 Å². The van der Waals surface area contributed by atoms with Gasteiger partial charge in [0.05, 0.1) is 13.5 Å². The topological polar surface area (TPSA) is 59.4 Å². The van der Waals surface area contributed by atoms with Crippen LogP contribution in [0.3, 0.4) is 0 Å². The Morgan fingerprint density at radius 3 is 2.72 bits per heavy atom. The zero-order chi connectivity index (χ0) is 13.8. The van der Waals surface area contributed by atoms with Crippen LogP contribution in [-0.4, -0.2) is 23.2 Å². The van der Waals surface area contributed by atoms with Gasteiger partial charge in [0.15, 0.2) is 0 Å². The molecular formula is C11H10F3NO3. The van der Waals surface area contributed by atoms with E-state index in [4.69, 9.17) is 5.11 Å². The summed E-state index contributed by atoms with van der Waals surface area (Å²) < 4.78 is 42.4. The number of carboxylic acid groups (broad SMARTS) is 1. The maximum Gasteiger partial charge on any atom is 0.421 e. The van der Waals surface area contributed by atoms with Crippen molar-refractivity contribution in [1.82, 2.24) is 4.98 Å². The van der Waals surface area contributed by atoms with Crippen molar-refractivity contribution in [2.24, 2.45) is 0 Å². The van der Waals surface area contributed by atoms with Gasteiger partial charge in [-0.3, -0.25) is 4.79 Å². The standard InChI is InChI=1S/C11H10F3NO3/c1-18-10-8(11(12,13)14)5-7(6-15-10)3-2-4-9(16)17/h2-3,5-6H,4H2,1H3,(H,16,17). The number of methoxy groups -OCH3 is 1. The Bertz CT molecular complexity index is 469. The van der Waals surface area contributed by atoms with Crippen LogP contribution in [0.4, 0.5) is 13.2 Å². The Morgan fingerprint density at radius 2 is 2.22 bits per heavy atom. The minimum Gasteiger partial charge on any atom is -0.481 e. The lowest BCUT2D eigenvalue weighted by molar-refractivity contribution is -0.139. The average Bonchev–Trinajstić information content (AvgIpc) is 2.27. The molecule has 0 unspecified atom stereocenters. The maximum absolute atomic E-state index is 12.6. The number of alkyl halides is 3. The Kier molecular flexibility index (Phi) is 4.30. The second-order valence-corrected chi connectivity index (χ2v) is 3.32. The number of carbonyl (C=O) groups is 1. The molecule has 1 N–H and O–H groups in total. The summed E-state index contributed by atoms with van der Waals surface area (Å²) in [6.45, 7) is 0. The van der Waals surface area contributed by atoms with Crippen LogP contribution >= 0.6 is 0 Å². The van der Waals surface area contributed by atoms with E-state index in [0.29, 0.717) is 0 Å². The number of aromatic nitrogens is 1. The van der Waals surface area contributed by atoms with E-state index in [1.165, 1.54) is 18.3 Å². The number of pyridine rings is 1. The van der Waals surface area contributed by atoms with Gasteiger partial charge in [0.1, 0.15) is 5.56 Å². The van der Waals surface area contributed by atoms with Crippen molar-refractivity contribution in [3.63, 3.8) is 0 Å². The van der Waals surface area contributed by atoms with Crippen LogP contribution in [-0.2, 0) is 11.0 Å². The second-order valence-electron chi connectivity index (χ2n) is 3.32. The number of hydrogen-bond donors (Lipinski definition) is 1. The van der Waals surface area contributed by atoms with Gasteiger partial charge in [-0.05, 0) is 11.6 Å². The van der Waals surface area contributed by atoms with Gasteiger partial charge in [0.25, 0.3) is 0 Å². The zero-order valence-corrected chi connectivity index (χ0v) is 9.36. The summed E-state index contributed by atoms with van der Waals surface area (Å²) in [7, 11) is 1.09. The number of ether oxygens (including phenoxy) is 1. The summed E-state index contributed by atoms with van der Waals surface area (Å²) in [5.74, 6) is -1.58. The first-order chi connectivity index (χ1) is 8.34. The smallest absolute Gasteiger partial charge is 0.421 e. The van der Waals surface area contributed by atoms with E-state index in [1.54, 1.807) is 0 Å². The molecule has 18 heavy (non-hydrogen) atoms. The van der Waals surface area contributed by atoms with Crippen molar-refractivity contribution < 1.29 is 27.8 Å². The lowest BCUT2D eigenvalue weighted by atomic mass is 10.1. The number of halogens is 3. The molecule has 0 amide bonds. The Morgan fingerprint density at radius 1 is 1.56 bits per heavy atom. The molecule has 0 bridgehead atoms. The molecule has 98 valence electrons. The molecule has 0 aliphatic rings. The van der Waals surface area contributed by atoms with Gasteiger partial charge in [-0.1, -0.05) is 12.2 Å². The van der Waals surface area contributed by atoms with Crippen molar-refractivity contribution in [3.8, 4) is 5.88 Å². The molecule has 0 saturated heterocycles. The average molecular weight is 261 g/mol. The van der Waals surface area contributed by atoms with E-state index in [1.807, 2.05) is 0 Å². The van der Waals surface area contributed by atoms with Crippen LogP contribution < -0.4 is 4.74 Å². The van der Waals surface area contributed by atoms with E-state index in [9.17, 15) is 18.0 Å². The van der Waals surface area contributed by atoms with Crippen molar-refractivity contribution in [1.29, 1.82) is 0 Å². The Balaban J connectivity index is 3.03. The van der Waals surface area contributed by atoms with Crippen molar-refractivity contribution in [2.45, 2.75) is 12.6 Å². The van der Waals surface area contributed by atoms with Gasteiger partial charge in [-0.2, -0.15) is 13.2 Å². The van der Waals surface area contributed by atoms with Gasteiger partial charge < -0.3 is 9.84 Å². The molecular weight excluding hydrogens is 251 g/mol. The fourth-order valence-electron chi connectivity index (χ4n) is 1.22. The van der Waals surface area contributed by atoms with Crippen molar-refractivity contribution in [3.05, 3.63) is 29.5 Å². The molecule has 0 spiro atoms. The summed E-state index contributed by atoms with van der Waals surface area (Å²) >= 11 is 0. The highest BCUT2D eigenvalue weighted by Crippen LogP contribution is 2.35. The predicted molar refractivity (Wildman–Crippen MR) is 57.1 cm³/mol. The first-order valence-electron chi connectivity index (χ1n) is 4.84. The first-order valence-corrected chi connectivity index (χ1v) is 4.84. The van der Waals surface area contributed by atoms with Crippen LogP contribution in [0, 0.1) is 0 Å². The molecule has 1 aromatic heterocycles.